The van der Waals surface area contributed by atoms with E-state index in [0.29, 0.717) is 0 Å². The standard InChI is InChI=1S/C16H20N2OS/c1-2-12-8-9-18(10-12)16-17-15(14(11-19)20-16)13-6-4-3-5-7-13/h3-7,12,19H,2,8-11H2,1H3. The predicted molar refractivity (Wildman–Crippen MR) is 84.1 cm³/mol. The number of thiazole rings is 1. The molecule has 1 aliphatic rings. The number of aliphatic hydroxyl groups excluding tert-OH is 1. The van der Waals surface area contributed by atoms with Gasteiger partial charge in [-0.3, -0.25) is 0 Å². The fourth-order valence-electron chi connectivity index (χ4n) is 2.74. The molecule has 1 unspecified atom stereocenters. The summed E-state index contributed by atoms with van der Waals surface area (Å²) in [7, 11) is 0. The van der Waals surface area contributed by atoms with Crippen LogP contribution in [-0.4, -0.2) is 23.2 Å². The molecule has 3 nitrogen and oxygen atoms in total. The van der Waals surface area contributed by atoms with Gasteiger partial charge in [0.05, 0.1) is 17.2 Å². The van der Waals surface area contributed by atoms with E-state index in [1.807, 2.05) is 18.2 Å². The van der Waals surface area contributed by atoms with Crippen LogP contribution < -0.4 is 4.90 Å². The van der Waals surface area contributed by atoms with Crippen molar-refractivity contribution in [2.24, 2.45) is 5.92 Å². The minimum absolute atomic E-state index is 0.0624. The van der Waals surface area contributed by atoms with Gasteiger partial charge in [0.1, 0.15) is 0 Å². The summed E-state index contributed by atoms with van der Waals surface area (Å²) >= 11 is 1.63. The summed E-state index contributed by atoms with van der Waals surface area (Å²) in [5.41, 5.74) is 2.03. The lowest BCUT2D eigenvalue weighted by Crippen LogP contribution is -2.19. The molecule has 2 heterocycles. The van der Waals surface area contributed by atoms with Crippen LogP contribution in [0, 0.1) is 5.92 Å². The molecular weight excluding hydrogens is 268 g/mol. The minimum atomic E-state index is 0.0624. The molecule has 0 radical (unpaired) electrons. The number of aliphatic hydroxyl groups is 1. The molecule has 20 heavy (non-hydrogen) atoms. The second-order valence-electron chi connectivity index (χ2n) is 5.30. The minimum Gasteiger partial charge on any atom is -0.391 e. The van der Waals surface area contributed by atoms with Crippen molar-refractivity contribution in [3.63, 3.8) is 0 Å². The average molecular weight is 288 g/mol. The highest BCUT2D eigenvalue weighted by atomic mass is 32.1. The zero-order valence-electron chi connectivity index (χ0n) is 11.7. The Hall–Kier alpha value is -1.39. The van der Waals surface area contributed by atoms with Crippen LogP contribution in [0.2, 0.25) is 0 Å². The van der Waals surface area contributed by atoms with E-state index in [4.69, 9.17) is 4.98 Å². The van der Waals surface area contributed by atoms with Crippen LogP contribution in [0.4, 0.5) is 5.13 Å². The fourth-order valence-corrected chi connectivity index (χ4v) is 3.72. The SMILES string of the molecule is CCC1CCN(c2nc(-c3ccccc3)c(CO)s2)C1. The Morgan fingerprint density at radius 3 is 2.80 bits per heavy atom. The van der Waals surface area contributed by atoms with Crippen LogP contribution >= 0.6 is 11.3 Å². The lowest BCUT2D eigenvalue weighted by molar-refractivity contribution is 0.286. The van der Waals surface area contributed by atoms with Crippen LogP contribution in [0.1, 0.15) is 24.6 Å². The maximum Gasteiger partial charge on any atom is 0.186 e. The molecule has 0 aliphatic carbocycles. The zero-order chi connectivity index (χ0) is 13.9. The second kappa shape index (κ2) is 5.94. The summed E-state index contributed by atoms with van der Waals surface area (Å²) in [6.45, 7) is 4.51. The summed E-state index contributed by atoms with van der Waals surface area (Å²) in [4.78, 5) is 8.12. The first-order valence-electron chi connectivity index (χ1n) is 7.22. The van der Waals surface area contributed by atoms with Gasteiger partial charge < -0.3 is 10.0 Å². The zero-order valence-corrected chi connectivity index (χ0v) is 12.6. The predicted octanol–water partition coefficient (Wildman–Crippen LogP) is 3.54. The van der Waals surface area contributed by atoms with Gasteiger partial charge in [-0.1, -0.05) is 55.0 Å². The van der Waals surface area contributed by atoms with Crippen LogP contribution in [0.25, 0.3) is 11.3 Å². The molecule has 4 heteroatoms. The first-order chi connectivity index (χ1) is 9.81. The number of nitrogens with zero attached hydrogens (tertiary/aromatic N) is 2. The molecule has 0 saturated carbocycles. The van der Waals surface area contributed by atoms with Gasteiger partial charge in [0.2, 0.25) is 0 Å². The molecule has 1 fully saturated rings. The van der Waals surface area contributed by atoms with E-state index in [1.165, 1.54) is 12.8 Å². The van der Waals surface area contributed by atoms with E-state index in [9.17, 15) is 5.11 Å². The van der Waals surface area contributed by atoms with Crippen molar-refractivity contribution < 1.29 is 5.11 Å². The molecule has 1 aliphatic heterocycles. The largest absolute Gasteiger partial charge is 0.391 e. The smallest absolute Gasteiger partial charge is 0.186 e. The molecule has 1 atom stereocenters. The maximum absolute atomic E-state index is 9.59. The molecule has 2 aromatic rings. The third-order valence-electron chi connectivity index (χ3n) is 4.01. The van der Waals surface area contributed by atoms with Crippen LogP contribution in [0.15, 0.2) is 30.3 Å². The molecule has 1 aromatic carbocycles. The summed E-state index contributed by atoms with van der Waals surface area (Å²) in [6, 6.07) is 10.1. The fraction of sp³-hybridized carbons (Fsp3) is 0.438. The molecule has 1 N–H and O–H groups in total. The molecule has 106 valence electrons. The average Bonchev–Trinajstić information content (AvgIpc) is 3.14. The quantitative estimate of drug-likeness (QED) is 0.935. The number of rotatable bonds is 4. The third kappa shape index (κ3) is 2.58. The molecular formula is C16H20N2OS. The molecule has 0 spiro atoms. The molecule has 1 aromatic heterocycles. The Morgan fingerprint density at radius 1 is 1.35 bits per heavy atom. The van der Waals surface area contributed by atoms with Crippen molar-refractivity contribution in [2.75, 3.05) is 18.0 Å². The van der Waals surface area contributed by atoms with Gasteiger partial charge in [-0.15, -0.1) is 0 Å². The van der Waals surface area contributed by atoms with Gasteiger partial charge in [-0.2, -0.15) is 0 Å². The van der Waals surface area contributed by atoms with Crippen LogP contribution in [-0.2, 0) is 6.61 Å². The maximum atomic E-state index is 9.59. The number of hydrogen-bond acceptors (Lipinski definition) is 4. The van der Waals surface area contributed by atoms with Gasteiger partial charge in [0, 0.05) is 18.7 Å². The number of anilines is 1. The first-order valence-corrected chi connectivity index (χ1v) is 8.04. The van der Waals surface area contributed by atoms with Crippen molar-refractivity contribution >= 4 is 16.5 Å². The van der Waals surface area contributed by atoms with Gasteiger partial charge in [-0.25, -0.2) is 4.98 Å². The van der Waals surface area contributed by atoms with E-state index in [1.54, 1.807) is 11.3 Å². The Labute approximate surface area is 123 Å². The number of benzene rings is 1. The van der Waals surface area contributed by atoms with Gasteiger partial charge in [0.15, 0.2) is 5.13 Å². The first kappa shape index (κ1) is 13.6. The summed E-state index contributed by atoms with van der Waals surface area (Å²) in [5, 5.41) is 10.6. The summed E-state index contributed by atoms with van der Waals surface area (Å²) < 4.78 is 0. The number of aromatic nitrogens is 1. The second-order valence-corrected chi connectivity index (χ2v) is 6.36. The highest BCUT2D eigenvalue weighted by Gasteiger charge is 2.24. The molecule has 3 rings (SSSR count). The van der Waals surface area contributed by atoms with Crippen LogP contribution in [0.3, 0.4) is 0 Å². The van der Waals surface area contributed by atoms with Crippen molar-refractivity contribution in [1.82, 2.24) is 4.98 Å². The van der Waals surface area contributed by atoms with E-state index in [2.05, 4.69) is 24.0 Å². The van der Waals surface area contributed by atoms with E-state index in [0.717, 1.165) is 40.3 Å². The topological polar surface area (TPSA) is 36.4 Å². The number of hydrogen-bond donors (Lipinski definition) is 1. The molecule has 0 bridgehead atoms. The molecule has 1 saturated heterocycles. The normalized spacial score (nSPS) is 18.7. The monoisotopic (exact) mass is 288 g/mol. The van der Waals surface area contributed by atoms with Crippen LogP contribution in [0.5, 0.6) is 0 Å². The van der Waals surface area contributed by atoms with Gasteiger partial charge in [0.25, 0.3) is 0 Å². The summed E-state index contributed by atoms with van der Waals surface area (Å²) in [6.07, 6.45) is 2.49. The lowest BCUT2D eigenvalue weighted by Gasteiger charge is -2.14. The third-order valence-corrected chi connectivity index (χ3v) is 5.11. The highest BCUT2D eigenvalue weighted by Crippen LogP contribution is 2.35. The van der Waals surface area contributed by atoms with Gasteiger partial charge >= 0.3 is 0 Å². The van der Waals surface area contributed by atoms with Crippen molar-refractivity contribution in [2.45, 2.75) is 26.4 Å². The highest BCUT2D eigenvalue weighted by molar-refractivity contribution is 7.16. The van der Waals surface area contributed by atoms with E-state index >= 15 is 0 Å². The Balaban J connectivity index is 1.90. The van der Waals surface area contributed by atoms with Crippen molar-refractivity contribution in [3.05, 3.63) is 35.2 Å². The molecule has 0 amide bonds. The Kier molecular flexibility index (Phi) is 4.03. The van der Waals surface area contributed by atoms with Crippen molar-refractivity contribution in [1.29, 1.82) is 0 Å². The van der Waals surface area contributed by atoms with E-state index in [-0.39, 0.29) is 6.61 Å². The summed E-state index contributed by atoms with van der Waals surface area (Å²) in [5.74, 6) is 0.789. The van der Waals surface area contributed by atoms with Gasteiger partial charge in [-0.05, 0) is 12.3 Å². The Morgan fingerprint density at radius 2 is 2.15 bits per heavy atom. The van der Waals surface area contributed by atoms with Crippen molar-refractivity contribution in [3.8, 4) is 11.3 Å². The lowest BCUT2D eigenvalue weighted by atomic mass is 10.1. The Bertz CT molecular complexity index is 567. The van der Waals surface area contributed by atoms with E-state index < -0.39 is 0 Å².